The number of nitrogens with zero attached hydrogens (tertiary/aromatic N) is 2. The SMILES string of the molecule is Cc1ccc(S(=O)(=O)N2CCCCC2C(=O)NCCN(C(C)C)C(C)C)cc1. The summed E-state index contributed by atoms with van der Waals surface area (Å²) in [5.74, 6) is -0.192. The number of carbonyl (C=O) groups excluding carboxylic acids is 1. The Morgan fingerprint density at radius 3 is 2.32 bits per heavy atom. The number of aryl methyl sites for hydroxylation is 1. The van der Waals surface area contributed by atoms with Crippen LogP contribution < -0.4 is 5.32 Å². The molecule has 0 aliphatic carbocycles. The van der Waals surface area contributed by atoms with Gasteiger partial charge in [-0.25, -0.2) is 8.42 Å². The molecule has 1 aliphatic rings. The van der Waals surface area contributed by atoms with Crippen molar-refractivity contribution in [2.24, 2.45) is 0 Å². The first-order valence-electron chi connectivity index (χ1n) is 10.3. The highest BCUT2D eigenvalue weighted by Gasteiger charge is 2.37. The highest BCUT2D eigenvalue weighted by Crippen LogP contribution is 2.25. The monoisotopic (exact) mass is 409 g/mol. The van der Waals surface area contributed by atoms with Gasteiger partial charge in [0.2, 0.25) is 15.9 Å². The molecule has 1 aromatic carbocycles. The fraction of sp³-hybridized carbons (Fsp3) is 0.667. The average molecular weight is 410 g/mol. The van der Waals surface area contributed by atoms with Crippen LogP contribution in [-0.4, -0.2) is 61.3 Å². The molecule has 1 N–H and O–H groups in total. The summed E-state index contributed by atoms with van der Waals surface area (Å²) in [6.07, 6.45) is 2.21. The smallest absolute Gasteiger partial charge is 0.243 e. The lowest BCUT2D eigenvalue weighted by Gasteiger charge is -2.34. The summed E-state index contributed by atoms with van der Waals surface area (Å²) in [7, 11) is -3.68. The molecule has 2 rings (SSSR count). The van der Waals surface area contributed by atoms with E-state index in [4.69, 9.17) is 0 Å². The number of nitrogens with one attached hydrogen (secondary N) is 1. The summed E-state index contributed by atoms with van der Waals surface area (Å²) in [4.78, 5) is 15.4. The number of hydrogen-bond acceptors (Lipinski definition) is 4. The molecular formula is C21H35N3O3S. The standard InChI is InChI=1S/C21H35N3O3S/c1-16(2)23(17(3)4)15-13-22-21(25)20-8-6-7-14-24(20)28(26,27)19-11-9-18(5)10-12-19/h9-12,16-17,20H,6-8,13-15H2,1-5H3,(H,22,25). The third kappa shape index (κ3) is 5.55. The lowest BCUT2D eigenvalue weighted by Crippen LogP contribution is -2.53. The normalized spacial score (nSPS) is 18.8. The lowest BCUT2D eigenvalue weighted by atomic mass is 10.0. The van der Waals surface area contributed by atoms with Gasteiger partial charge in [-0.2, -0.15) is 4.31 Å². The van der Waals surface area contributed by atoms with E-state index >= 15 is 0 Å². The van der Waals surface area contributed by atoms with Crippen LogP contribution in [-0.2, 0) is 14.8 Å². The second-order valence-corrected chi connectivity index (χ2v) is 10.0. The molecule has 1 heterocycles. The Labute approximate surface area is 170 Å². The van der Waals surface area contributed by atoms with Crippen LogP contribution in [0.25, 0.3) is 0 Å². The Balaban J connectivity index is 2.07. The second kappa shape index (κ2) is 9.85. The molecule has 1 amide bonds. The molecule has 1 aromatic rings. The topological polar surface area (TPSA) is 69.7 Å². The predicted molar refractivity (Wildman–Crippen MR) is 113 cm³/mol. The van der Waals surface area contributed by atoms with E-state index in [0.717, 1.165) is 24.9 Å². The van der Waals surface area contributed by atoms with Gasteiger partial charge in [0.15, 0.2) is 0 Å². The van der Waals surface area contributed by atoms with Crippen molar-refractivity contribution in [3.63, 3.8) is 0 Å². The summed E-state index contributed by atoms with van der Waals surface area (Å²) in [6.45, 7) is 12.1. The number of amides is 1. The maximum absolute atomic E-state index is 13.1. The number of benzene rings is 1. The van der Waals surface area contributed by atoms with Gasteiger partial charge in [0.25, 0.3) is 0 Å². The number of carbonyl (C=O) groups is 1. The van der Waals surface area contributed by atoms with Crippen LogP contribution in [0.1, 0.15) is 52.5 Å². The van der Waals surface area contributed by atoms with Crippen LogP contribution in [0.3, 0.4) is 0 Å². The van der Waals surface area contributed by atoms with Gasteiger partial charge in [0.1, 0.15) is 6.04 Å². The van der Waals surface area contributed by atoms with Crippen molar-refractivity contribution >= 4 is 15.9 Å². The van der Waals surface area contributed by atoms with E-state index in [1.54, 1.807) is 24.3 Å². The van der Waals surface area contributed by atoms with Gasteiger partial charge >= 0.3 is 0 Å². The zero-order valence-corrected chi connectivity index (χ0v) is 18.6. The third-order valence-corrected chi connectivity index (χ3v) is 7.30. The van der Waals surface area contributed by atoms with E-state index in [9.17, 15) is 13.2 Å². The van der Waals surface area contributed by atoms with Gasteiger partial charge in [0, 0.05) is 31.7 Å². The van der Waals surface area contributed by atoms with Crippen LogP contribution in [0.15, 0.2) is 29.2 Å². The van der Waals surface area contributed by atoms with E-state index < -0.39 is 16.1 Å². The van der Waals surface area contributed by atoms with Crippen LogP contribution >= 0.6 is 0 Å². The Bertz CT molecular complexity index is 737. The third-order valence-electron chi connectivity index (χ3n) is 5.38. The second-order valence-electron chi connectivity index (χ2n) is 8.16. The molecule has 1 fully saturated rings. The van der Waals surface area contributed by atoms with E-state index in [0.29, 0.717) is 31.6 Å². The van der Waals surface area contributed by atoms with E-state index in [1.807, 2.05) is 6.92 Å². The number of sulfonamides is 1. The molecule has 1 saturated heterocycles. The van der Waals surface area contributed by atoms with Gasteiger partial charge in [-0.05, 0) is 59.6 Å². The molecule has 1 aliphatic heterocycles. The number of piperidine rings is 1. The summed E-state index contributed by atoms with van der Waals surface area (Å²) in [6, 6.07) is 6.98. The molecule has 1 unspecified atom stereocenters. The van der Waals surface area contributed by atoms with Crippen molar-refractivity contribution < 1.29 is 13.2 Å². The molecule has 0 spiro atoms. The Morgan fingerprint density at radius 1 is 1.14 bits per heavy atom. The van der Waals surface area contributed by atoms with Gasteiger partial charge in [0.05, 0.1) is 4.90 Å². The zero-order chi connectivity index (χ0) is 20.9. The maximum Gasteiger partial charge on any atom is 0.243 e. The summed E-state index contributed by atoms with van der Waals surface area (Å²) in [5.41, 5.74) is 1.01. The van der Waals surface area contributed by atoms with Gasteiger partial charge in [-0.15, -0.1) is 0 Å². The van der Waals surface area contributed by atoms with Gasteiger partial charge in [-0.3, -0.25) is 9.69 Å². The van der Waals surface area contributed by atoms with E-state index in [1.165, 1.54) is 4.31 Å². The molecule has 0 bridgehead atoms. The number of rotatable bonds is 8. The zero-order valence-electron chi connectivity index (χ0n) is 17.8. The first kappa shape index (κ1) is 22.8. The van der Waals surface area contributed by atoms with Crippen LogP contribution in [0, 0.1) is 6.92 Å². The van der Waals surface area contributed by atoms with E-state index in [-0.39, 0.29) is 10.8 Å². The first-order valence-corrected chi connectivity index (χ1v) is 11.7. The molecular weight excluding hydrogens is 374 g/mol. The van der Waals surface area contributed by atoms with Crippen molar-refractivity contribution in [1.82, 2.24) is 14.5 Å². The van der Waals surface area contributed by atoms with Crippen LogP contribution in [0.4, 0.5) is 0 Å². The quantitative estimate of drug-likeness (QED) is 0.717. The minimum atomic E-state index is -3.68. The van der Waals surface area contributed by atoms with E-state index in [2.05, 4.69) is 37.9 Å². The highest BCUT2D eigenvalue weighted by molar-refractivity contribution is 7.89. The van der Waals surface area contributed by atoms with Crippen molar-refractivity contribution in [2.75, 3.05) is 19.6 Å². The molecule has 0 saturated carbocycles. The molecule has 0 aromatic heterocycles. The molecule has 28 heavy (non-hydrogen) atoms. The molecule has 6 nitrogen and oxygen atoms in total. The molecule has 0 radical (unpaired) electrons. The minimum absolute atomic E-state index is 0.192. The average Bonchev–Trinajstić information content (AvgIpc) is 2.64. The molecule has 158 valence electrons. The van der Waals surface area contributed by atoms with Gasteiger partial charge in [-0.1, -0.05) is 24.1 Å². The van der Waals surface area contributed by atoms with Crippen molar-refractivity contribution in [1.29, 1.82) is 0 Å². The predicted octanol–water partition coefficient (Wildman–Crippen LogP) is 2.77. The Kier molecular flexibility index (Phi) is 8.04. The fourth-order valence-electron chi connectivity index (χ4n) is 3.84. The highest BCUT2D eigenvalue weighted by atomic mass is 32.2. The van der Waals surface area contributed by atoms with Crippen molar-refractivity contribution in [3.05, 3.63) is 29.8 Å². The van der Waals surface area contributed by atoms with Crippen LogP contribution in [0.2, 0.25) is 0 Å². The summed E-state index contributed by atoms with van der Waals surface area (Å²) >= 11 is 0. The van der Waals surface area contributed by atoms with Crippen LogP contribution in [0.5, 0.6) is 0 Å². The number of hydrogen-bond donors (Lipinski definition) is 1. The maximum atomic E-state index is 13.1. The summed E-state index contributed by atoms with van der Waals surface area (Å²) in [5, 5.41) is 2.97. The summed E-state index contributed by atoms with van der Waals surface area (Å²) < 4.78 is 27.6. The minimum Gasteiger partial charge on any atom is -0.353 e. The Morgan fingerprint density at radius 2 is 1.75 bits per heavy atom. The molecule has 1 atom stereocenters. The first-order chi connectivity index (χ1) is 13.1. The molecule has 7 heteroatoms. The van der Waals surface area contributed by atoms with Crippen molar-refractivity contribution in [3.8, 4) is 0 Å². The Hall–Kier alpha value is -1.44. The lowest BCUT2D eigenvalue weighted by molar-refractivity contribution is -0.125. The van der Waals surface area contributed by atoms with Crippen molar-refractivity contribution in [2.45, 2.75) is 76.9 Å². The largest absolute Gasteiger partial charge is 0.353 e. The van der Waals surface area contributed by atoms with Gasteiger partial charge < -0.3 is 5.32 Å². The fourth-order valence-corrected chi connectivity index (χ4v) is 5.50.